The summed E-state index contributed by atoms with van der Waals surface area (Å²) >= 11 is 0. The number of hydrogen-bond donors (Lipinski definition) is 0. The van der Waals surface area contributed by atoms with E-state index in [1.165, 1.54) is 5.57 Å². The van der Waals surface area contributed by atoms with Crippen molar-refractivity contribution in [3.05, 3.63) is 11.6 Å². The van der Waals surface area contributed by atoms with E-state index < -0.39 is 0 Å². The quantitative estimate of drug-likeness (QED) is 0.505. The van der Waals surface area contributed by atoms with E-state index in [1.54, 1.807) is 0 Å². The van der Waals surface area contributed by atoms with Crippen LogP contribution in [0, 0.1) is 0 Å². The molecule has 1 atom stereocenters. The highest BCUT2D eigenvalue weighted by Crippen LogP contribution is 2.28. The lowest BCUT2D eigenvalue weighted by Crippen LogP contribution is -2.37. The molecule has 2 saturated heterocycles. The Labute approximate surface area is 73.2 Å². The summed E-state index contributed by atoms with van der Waals surface area (Å²) < 4.78 is 0. The molecule has 2 nitrogen and oxygen atoms in total. The van der Waals surface area contributed by atoms with Gasteiger partial charge >= 0.3 is 0 Å². The number of ketones is 1. The highest BCUT2D eigenvalue weighted by molar-refractivity contribution is 5.80. The van der Waals surface area contributed by atoms with Gasteiger partial charge in [0.1, 0.15) is 5.78 Å². The molecule has 0 radical (unpaired) electrons. The molecule has 2 aliphatic rings. The molecule has 0 amide bonds. The fourth-order valence-electron chi connectivity index (χ4n) is 2.19. The second-order valence-corrected chi connectivity index (χ2v) is 3.77. The monoisotopic (exact) mass is 165 g/mol. The van der Waals surface area contributed by atoms with Gasteiger partial charge in [-0.25, -0.2) is 0 Å². The highest BCUT2D eigenvalue weighted by Gasteiger charge is 2.32. The number of hydrogen-bond acceptors (Lipinski definition) is 2. The van der Waals surface area contributed by atoms with E-state index in [1.807, 2.05) is 0 Å². The Morgan fingerprint density at radius 2 is 2.33 bits per heavy atom. The van der Waals surface area contributed by atoms with Crippen LogP contribution in [-0.2, 0) is 4.79 Å². The number of Topliss-reactive ketones (excluding diaryl/α,β-unsaturated/α-hetero) is 1. The van der Waals surface area contributed by atoms with Gasteiger partial charge in [0, 0.05) is 32.0 Å². The molecule has 2 heteroatoms. The molecule has 66 valence electrons. The van der Waals surface area contributed by atoms with Crippen molar-refractivity contribution in [3.8, 4) is 0 Å². The Morgan fingerprint density at radius 1 is 1.50 bits per heavy atom. The summed E-state index contributed by atoms with van der Waals surface area (Å²) in [6.45, 7) is 4.19. The summed E-state index contributed by atoms with van der Waals surface area (Å²) in [5.41, 5.74) is 1.51. The average molecular weight is 165 g/mol. The Hall–Kier alpha value is -0.630. The Bertz CT molecular complexity index is 232. The van der Waals surface area contributed by atoms with Crippen molar-refractivity contribution < 1.29 is 4.79 Å². The summed E-state index contributed by atoms with van der Waals surface area (Å²) in [7, 11) is 0. The van der Waals surface area contributed by atoms with Crippen molar-refractivity contribution >= 4 is 5.78 Å². The minimum absolute atomic E-state index is 0.452. The van der Waals surface area contributed by atoms with E-state index in [0.717, 1.165) is 32.4 Å². The molecule has 2 heterocycles. The van der Waals surface area contributed by atoms with E-state index in [0.29, 0.717) is 11.8 Å². The van der Waals surface area contributed by atoms with Crippen LogP contribution in [0.5, 0.6) is 0 Å². The van der Waals surface area contributed by atoms with Crippen LogP contribution < -0.4 is 0 Å². The summed E-state index contributed by atoms with van der Waals surface area (Å²) in [5.74, 6) is 0.452. The van der Waals surface area contributed by atoms with Crippen LogP contribution in [0.4, 0.5) is 0 Å². The lowest BCUT2D eigenvalue weighted by atomic mass is 10.0. The molecule has 0 saturated carbocycles. The van der Waals surface area contributed by atoms with Crippen molar-refractivity contribution in [1.82, 2.24) is 4.90 Å². The zero-order chi connectivity index (χ0) is 8.55. The minimum atomic E-state index is 0.452. The molecule has 0 N–H and O–H groups in total. The van der Waals surface area contributed by atoms with Gasteiger partial charge in [-0.15, -0.1) is 0 Å². The lowest BCUT2D eigenvalue weighted by molar-refractivity contribution is -0.122. The number of fused-ring (bicyclic) bond motifs is 1. The molecule has 0 unspecified atom stereocenters. The van der Waals surface area contributed by atoms with Crippen LogP contribution in [0.25, 0.3) is 0 Å². The van der Waals surface area contributed by atoms with Gasteiger partial charge in [-0.2, -0.15) is 0 Å². The van der Waals surface area contributed by atoms with Gasteiger partial charge < -0.3 is 0 Å². The molecule has 2 aliphatic heterocycles. The maximum absolute atomic E-state index is 11.2. The molecule has 0 spiro atoms. The second kappa shape index (κ2) is 3.02. The first-order valence-corrected chi connectivity index (χ1v) is 4.69. The summed E-state index contributed by atoms with van der Waals surface area (Å²) in [4.78, 5) is 13.6. The van der Waals surface area contributed by atoms with Crippen LogP contribution in [0.3, 0.4) is 0 Å². The lowest BCUT2D eigenvalue weighted by Gasteiger charge is -2.27. The predicted octanol–water partition coefficient (Wildman–Crippen LogP) is 1.37. The topological polar surface area (TPSA) is 20.3 Å². The van der Waals surface area contributed by atoms with E-state index >= 15 is 0 Å². The van der Waals surface area contributed by atoms with E-state index in [9.17, 15) is 4.79 Å². The van der Waals surface area contributed by atoms with E-state index in [-0.39, 0.29) is 0 Å². The van der Waals surface area contributed by atoms with Gasteiger partial charge in [-0.05, 0) is 13.3 Å². The molecule has 0 aliphatic carbocycles. The zero-order valence-corrected chi connectivity index (χ0v) is 7.55. The molecule has 12 heavy (non-hydrogen) atoms. The summed E-state index contributed by atoms with van der Waals surface area (Å²) in [6.07, 6.45) is 4.88. The highest BCUT2D eigenvalue weighted by atomic mass is 16.1. The minimum Gasteiger partial charge on any atom is -0.300 e. The van der Waals surface area contributed by atoms with Crippen LogP contribution in [0.15, 0.2) is 11.6 Å². The van der Waals surface area contributed by atoms with Crippen LogP contribution in [0.2, 0.25) is 0 Å². The fourth-order valence-corrected chi connectivity index (χ4v) is 2.19. The first kappa shape index (κ1) is 7.99. The largest absolute Gasteiger partial charge is 0.300 e. The molecule has 0 aromatic carbocycles. The van der Waals surface area contributed by atoms with Gasteiger partial charge in [0.25, 0.3) is 0 Å². The summed E-state index contributed by atoms with van der Waals surface area (Å²) in [5, 5.41) is 0. The maximum Gasteiger partial charge on any atom is 0.135 e. The van der Waals surface area contributed by atoms with Crippen molar-refractivity contribution in [2.75, 3.05) is 13.1 Å². The third-order valence-electron chi connectivity index (χ3n) is 2.97. The van der Waals surface area contributed by atoms with Gasteiger partial charge in [-0.3, -0.25) is 9.69 Å². The first-order valence-electron chi connectivity index (χ1n) is 4.69. The second-order valence-electron chi connectivity index (χ2n) is 3.77. The van der Waals surface area contributed by atoms with E-state index in [4.69, 9.17) is 0 Å². The number of nitrogens with zero attached hydrogens (tertiary/aromatic N) is 1. The number of allylic oxidation sites excluding steroid dienone is 1. The van der Waals surface area contributed by atoms with Crippen molar-refractivity contribution in [1.29, 1.82) is 0 Å². The van der Waals surface area contributed by atoms with Gasteiger partial charge in [0.05, 0.1) is 0 Å². The molecular formula is C10H15NO. The molecule has 2 rings (SSSR count). The predicted molar refractivity (Wildman–Crippen MR) is 48.0 cm³/mol. The number of carbonyl (C=O) groups excluding carboxylic acids is 1. The van der Waals surface area contributed by atoms with Crippen molar-refractivity contribution in [2.45, 2.75) is 32.2 Å². The third-order valence-corrected chi connectivity index (χ3v) is 2.97. The zero-order valence-electron chi connectivity index (χ0n) is 7.55. The standard InChI is InChI=1S/C10H15NO/c1-2-8-5-9-6-10(12)3-4-11(9)7-8/h2,9H,3-7H2,1H3/b8-2-/t9-/m0/s1. The fraction of sp³-hybridized carbons (Fsp3) is 0.700. The smallest absolute Gasteiger partial charge is 0.135 e. The van der Waals surface area contributed by atoms with Crippen molar-refractivity contribution in [3.63, 3.8) is 0 Å². The molecule has 0 bridgehead atoms. The number of piperidine rings is 1. The summed E-state index contributed by atoms with van der Waals surface area (Å²) in [6, 6.07) is 0.539. The van der Waals surface area contributed by atoms with Crippen molar-refractivity contribution in [2.24, 2.45) is 0 Å². The number of carbonyl (C=O) groups is 1. The first-order chi connectivity index (χ1) is 5.79. The Kier molecular flexibility index (Phi) is 2.01. The Balaban J connectivity index is 2.07. The molecule has 0 aromatic rings. The maximum atomic E-state index is 11.2. The van der Waals surface area contributed by atoms with Crippen LogP contribution in [0.1, 0.15) is 26.2 Å². The Morgan fingerprint density at radius 3 is 3.08 bits per heavy atom. The van der Waals surface area contributed by atoms with Crippen LogP contribution in [-0.4, -0.2) is 29.8 Å². The van der Waals surface area contributed by atoms with Crippen LogP contribution >= 0.6 is 0 Å². The molecule has 0 aromatic heterocycles. The molecule has 2 fully saturated rings. The van der Waals surface area contributed by atoms with E-state index in [2.05, 4.69) is 17.9 Å². The normalized spacial score (nSPS) is 34.2. The average Bonchev–Trinajstić information content (AvgIpc) is 2.46. The van der Waals surface area contributed by atoms with Gasteiger partial charge in [-0.1, -0.05) is 11.6 Å². The number of rotatable bonds is 0. The van der Waals surface area contributed by atoms with Gasteiger partial charge in [0.15, 0.2) is 0 Å². The SMILES string of the molecule is C/C=C1/C[C@H]2CC(=O)CCN2C1. The molecular weight excluding hydrogens is 150 g/mol. The van der Waals surface area contributed by atoms with Gasteiger partial charge in [0.2, 0.25) is 0 Å². The third kappa shape index (κ3) is 1.31.